The topological polar surface area (TPSA) is 77.0 Å². The normalized spacial score (nSPS) is 31.5. The molecule has 2 aliphatic carbocycles. The Kier molecular flexibility index (Phi) is 7.81. The molecule has 0 aromatic rings. The van der Waals surface area contributed by atoms with E-state index in [9.17, 15) is 9.59 Å². The van der Waals surface area contributed by atoms with Gasteiger partial charge in [0.05, 0.1) is 11.8 Å². The van der Waals surface area contributed by atoms with Crippen LogP contribution in [0.3, 0.4) is 0 Å². The number of nitrogens with zero attached hydrogens (tertiary/aromatic N) is 3. The molecule has 4 rings (SSSR count). The molecule has 3 fully saturated rings. The van der Waals surface area contributed by atoms with Gasteiger partial charge in [0.15, 0.2) is 5.96 Å². The number of carbonyl (C=O) groups excluding carboxylic acids is 2. The molecule has 0 spiro atoms. The maximum Gasteiger partial charge on any atom is 0.233 e. The number of guanidine groups is 1. The Morgan fingerprint density at radius 2 is 1.70 bits per heavy atom. The lowest BCUT2D eigenvalue weighted by molar-refractivity contribution is -0.140. The molecule has 2 heterocycles. The first-order chi connectivity index (χ1) is 14.0. The zero-order valence-corrected chi connectivity index (χ0v) is 20.7. The number of imide groups is 1. The largest absolute Gasteiger partial charge is 0.355 e. The SMILES string of the molecule is CN=C(NCCN1C(=O)C2C3C=CC(C3)C2C1=O)NCC(C(C)C)N1CCCC1.I. The molecule has 30 heavy (non-hydrogen) atoms. The molecule has 5 unspecified atom stereocenters. The smallest absolute Gasteiger partial charge is 0.233 e. The molecule has 0 radical (unpaired) electrons. The van der Waals surface area contributed by atoms with Gasteiger partial charge < -0.3 is 10.6 Å². The molecular formula is C22H36IN5O2. The van der Waals surface area contributed by atoms with Gasteiger partial charge in [-0.15, -0.1) is 24.0 Å². The minimum atomic E-state index is -0.109. The summed E-state index contributed by atoms with van der Waals surface area (Å²) >= 11 is 0. The van der Waals surface area contributed by atoms with Crippen molar-refractivity contribution in [3.05, 3.63) is 12.2 Å². The average molecular weight is 529 g/mol. The Morgan fingerprint density at radius 1 is 1.10 bits per heavy atom. The van der Waals surface area contributed by atoms with Gasteiger partial charge in [0.2, 0.25) is 11.8 Å². The van der Waals surface area contributed by atoms with Crippen LogP contribution in [0.5, 0.6) is 0 Å². The fraction of sp³-hybridized carbons (Fsp3) is 0.773. The maximum atomic E-state index is 12.8. The molecule has 8 heteroatoms. The van der Waals surface area contributed by atoms with Crippen LogP contribution >= 0.6 is 24.0 Å². The third kappa shape index (κ3) is 4.40. The van der Waals surface area contributed by atoms with E-state index in [4.69, 9.17) is 0 Å². The number of allylic oxidation sites excluding steroid dienone is 2. The van der Waals surface area contributed by atoms with E-state index in [0.717, 1.165) is 18.9 Å². The van der Waals surface area contributed by atoms with E-state index in [1.165, 1.54) is 30.8 Å². The summed E-state index contributed by atoms with van der Waals surface area (Å²) in [6.45, 7) is 8.66. The van der Waals surface area contributed by atoms with Crippen LogP contribution in [0.4, 0.5) is 0 Å². The number of aliphatic imine (C=N–C) groups is 1. The molecule has 2 amide bonds. The van der Waals surface area contributed by atoms with E-state index < -0.39 is 0 Å². The van der Waals surface area contributed by atoms with E-state index in [1.807, 2.05) is 0 Å². The highest BCUT2D eigenvalue weighted by atomic mass is 127. The quantitative estimate of drug-likeness (QED) is 0.173. The minimum Gasteiger partial charge on any atom is -0.355 e. The molecule has 0 aromatic carbocycles. The predicted octanol–water partition coefficient (Wildman–Crippen LogP) is 1.70. The molecule has 2 saturated heterocycles. The van der Waals surface area contributed by atoms with Gasteiger partial charge in [-0.3, -0.25) is 24.4 Å². The second-order valence-corrected chi connectivity index (χ2v) is 9.26. The molecule has 5 atom stereocenters. The molecule has 4 aliphatic rings. The van der Waals surface area contributed by atoms with Crippen molar-refractivity contribution >= 4 is 41.8 Å². The van der Waals surface area contributed by atoms with Crippen LogP contribution < -0.4 is 10.6 Å². The Hall–Kier alpha value is -1.16. The minimum absolute atomic E-state index is 0. The van der Waals surface area contributed by atoms with Crippen molar-refractivity contribution in [2.75, 3.05) is 39.8 Å². The maximum absolute atomic E-state index is 12.8. The summed E-state index contributed by atoms with van der Waals surface area (Å²) in [5.74, 6) is 1.67. The predicted molar refractivity (Wildman–Crippen MR) is 129 cm³/mol. The van der Waals surface area contributed by atoms with E-state index >= 15 is 0 Å². The zero-order valence-electron chi connectivity index (χ0n) is 18.3. The molecular weight excluding hydrogens is 493 g/mol. The monoisotopic (exact) mass is 529 g/mol. The van der Waals surface area contributed by atoms with Gasteiger partial charge in [0.25, 0.3) is 0 Å². The van der Waals surface area contributed by atoms with Crippen LogP contribution in [0, 0.1) is 29.6 Å². The third-order valence-electron chi connectivity index (χ3n) is 7.27. The van der Waals surface area contributed by atoms with Crippen molar-refractivity contribution in [2.45, 2.75) is 39.2 Å². The fourth-order valence-electron chi connectivity index (χ4n) is 5.75. The average Bonchev–Trinajstić information content (AvgIpc) is 3.48. The number of amides is 2. The van der Waals surface area contributed by atoms with Crippen LogP contribution in [0.15, 0.2) is 17.1 Å². The summed E-state index contributed by atoms with van der Waals surface area (Å²) in [6, 6.07) is 0.486. The van der Waals surface area contributed by atoms with E-state index in [1.54, 1.807) is 7.05 Å². The number of fused-ring (bicyclic) bond motifs is 5. The Morgan fingerprint density at radius 3 is 2.23 bits per heavy atom. The zero-order chi connectivity index (χ0) is 20.5. The summed E-state index contributed by atoms with van der Waals surface area (Å²) in [7, 11) is 1.76. The summed E-state index contributed by atoms with van der Waals surface area (Å²) in [6.07, 6.45) is 7.82. The summed E-state index contributed by atoms with van der Waals surface area (Å²) in [5, 5.41) is 6.72. The highest BCUT2D eigenvalue weighted by Gasteiger charge is 2.58. The molecule has 2 N–H and O–H groups in total. The van der Waals surface area contributed by atoms with Gasteiger partial charge in [-0.2, -0.15) is 0 Å². The number of hydrogen-bond acceptors (Lipinski definition) is 4. The van der Waals surface area contributed by atoms with E-state index in [2.05, 4.69) is 46.5 Å². The Balaban J connectivity index is 0.00000256. The Bertz CT molecular complexity index is 674. The van der Waals surface area contributed by atoms with Gasteiger partial charge in [-0.25, -0.2) is 0 Å². The Labute approximate surface area is 197 Å². The van der Waals surface area contributed by atoms with Gasteiger partial charge in [0.1, 0.15) is 0 Å². The van der Waals surface area contributed by atoms with Crippen LogP contribution in [-0.4, -0.2) is 73.4 Å². The summed E-state index contributed by atoms with van der Waals surface area (Å²) < 4.78 is 0. The highest BCUT2D eigenvalue weighted by molar-refractivity contribution is 14.0. The second kappa shape index (κ2) is 9.97. The number of hydrogen-bond donors (Lipinski definition) is 2. The first-order valence-electron chi connectivity index (χ1n) is 11.2. The number of nitrogens with one attached hydrogen (secondary N) is 2. The number of halogens is 1. The summed E-state index contributed by atoms with van der Waals surface area (Å²) in [5.41, 5.74) is 0. The molecule has 7 nitrogen and oxygen atoms in total. The van der Waals surface area contributed by atoms with E-state index in [0.29, 0.717) is 25.0 Å². The summed E-state index contributed by atoms with van der Waals surface area (Å²) in [4.78, 5) is 33.9. The van der Waals surface area contributed by atoms with Crippen LogP contribution in [0.1, 0.15) is 33.1 Å². The van der Waals surface area contributed by atoms with Gasteiger partial charge in [0, 0.05) is 32.7 Å². The lowest BCUT2D eigenvalue weighted by Crippen LogP contribution is -2.49. The number of rotatable bonds is 7. The van der Waals surface area contributed by atoms with Crippen molar-refractivity contribution < 1.29 is 9.59 Å². The molecule has 2 bridgehead atoms. The third-order valence-corrected chi connectivity index (χ3v) is 7.27. The fourth-order valence-corrected chi connectivity index (χ4v) is 5.75. The van der Waals surface area contributed by atoms with Crippen molar-refractivity contribution in [3.8, 4) is 0 Å². The second-order valence-electron chi connectivity index (χ2n) is 9.26. The molecule has 2 aliphatic heterocycles. The highest BCUT2D eigenvalue weighted by Crippen LogP contribution is 2.52. The molecule has 168 valence electrons. The van der Waals surface area contributed by atoms with Crippen molar-refractivity contribution in [1.29, 1.82) is 0 Å². The van der Waals surface area contributed by atoms with E-state index in [-0.39, 0.29) is 59.5 Å². The first kappa shape index (κ1) is 23.5. The van der Waals surface area contributed by atoms with Crippen LogP contribution in [0.25, 0.3) is 0 Å². The van der Waals surface area contributed by atoms with Crippen LogP contribution in [0.2, 0.25) is 0 Å². The molecule has 1 saturated carbocycles. The number of carbonyl (C=O) groups is 2. The lowest BCUT2D eigenvalue weighted by atomic mass is 9.85. The first-order valence-corrected chi connectivity index (χ1v) is 11.2. The molecule has 0 aromatic heterocycles. The van der Waals surface area contributed by atoms with Gasteiger partial charge in [-0.1, -0.05) is 26.0 Å². The van der Waals surface area contributed by atoms with Crippen molar-refractivity contribution in [2.24, 2.45) is 34.6 Å². The van der Waals surface area contributed by atoms with Crippen LogP contribution in [-0.2, 0) is 9.59 Å². The van der Waals surface area contributed by atoms with Gasteiger partial charge in [-0.05, 0) is 50.1 Å². The van der Waals surface area contributed by atoms with Crippen molar-refractivity contribution in [1.82, 2.24) is 20.4 Å². The number of likely N-dealkylation sites (tertiary alicyclic amines) is 2. The standard InChI is InChI=1S/C22H35N5O2.HI/c1-14(2)17(26-9-4-5-10-26)13-25-22(23-3)24-8-11-27-20(28)18-15-6-7-16(12-15)19(18)21(27)29;/h6-7,14-19H,4-5,8-13H2,1-3H3,(H2,23,24,25);1H. The lowest BCUT2D eigenvalue weighted by Gasteiger charge is -2.31. The van der Waals surface area contributed by atoms with Gasteiger partial charge >= 0.3 is 0 Å². The van der Waals surface area contributed by atoms with Crippen molar-refractivity contribution in [3.63, 3.8) is 0 Å².